The molecule has 8 heteroatoms. The van der Waals surface area contributed by atoms with E-state index in [0.717, 1.165) is 80.1 Å². The van der Waals surface area contributed by atoms with Gasteiger partial charge in [0.2, 0.25) is 0 Å². The molecule has 2 aromatic heterocycles. The quantitative estimate of drug-likeness (QED) is 0.646. The van der Waals surface area contributed by atoms with Gasteiger partial charge in [-0.2, -0.15) is 5.10 Å². The first kappa shape index (κ1) is 19.9. The minimum absolute atomic E-state index is 0.106. The summed E-state index contributed by atoms with van der Waals surface area (Å²) < 4.78 is 17.4. The van der Waals surface area contributed by atoms with E-state index in [-0.39, 0.29) is 11.7 Å². The van der Waals surface area contributed by atoms with Gasteiger partial charge < -0.3 is 9.47 Å². The lowest BCUT2D eigenvalue weighted by Gasteiger charge is -2.18. The topological polar surface area (TPSA) is 68.8 Å². The molecular formula is C23H27FN6O. The third-order valence-electron chi connectivity index (χ3n) is 6.37. The van der Waals surface area contributed by atoms with Crippen LogP contribution in [0.4, 0.5) is 4.39 Å². The van der Waals surface area contributed by atoms with Crippen LogP contribution in [0.25, 0.3) is 5.69 Å². The third kappa shape index (κ3) is 3.75. The van der Waals surface area contributed by atoms with Crippen LogP contribution in [0.1, 0.15) is 65.5 Å². The van der Waals surface area contributed by atoms with E-state index in [1.807, 2.05) is 4.68 Å². The van der Waals surface area contributed by atoms with Gasteiger partial charge in [0, 0.05) is 31.3 Å². The smallest absolute Gasteiger partial charge is 0.274 e. The molecule has 2 aliphatic rings. The van der Waals surface area contributed by atoms with Gasteiger partial charge in [-0.1, -0.05) is 6.42 Å². The summed E-state index contributed by atoms with van der Waals surface area (Å²) in [7, 11) is 1.80. The number of halogens is 1. The van der Waals surface area contributed by atoms with Gasteiger partial charge >= 0.3 is 0 Å². The lowest BCUT2D eigenvalue weighted by molar-refractivity contribution is 0.0772. The fourth-order valence-corrected chi connectivity index (χ4v) is 4.69. The molecule has 0 unspecified atom stereocenters. The minimum atomic E-state index is -0.284. The van der Waals surface area contributed by atoms with E-state index in [2.05, 4.69) is 14.8 Å². The van der Waals surface area contributed by atoms with Gasteiger partial charge in [-0.05, 0) is 62.8 Å². The monoisotopic (exact) mass is 422 g/mol. The number of carbonyl (C=O) groups is 1. The second kappa shape index (κ2) is 8.24. The van der Waals surface area contributed by atoms with E-state index < -0.39 is 0 Å². The highest BCUT2D eigenvalue weighted by molar-refractivity contribution is 5.94. The molecule has 0 saturated heterocycles. The summed E-state index contributed by atoms with van der Waals surface area (Å²) in [6.07, 6.45) is 8.22. The summed E-state index contributed by atoms with van der Waals surface area (Å²) in [5.74, 6) is 1.46. The molecule has 7 nitrogen and oxygen atoms in total. The van der Waals surface area contributed by atoms with Crippen molar-refractivity contribution >= 4 is 5.91 Å². The Morgan fingerprint density at radius 1 is 1.03 bits per heavy atom. The summed E-state index contributed by atoms with van der Waals surface area (Å²) >= 11 is 0. The summed E-state index contributed by atoms with van der Waals surface area (Å²) in [6, 6.07) is 6.27. The van der Waals surface area contributed by atoms with Crippen molar-refractivity contribution < 1.29 is 9.18 Å². The number of amides is 1. The number of benzene rings is 1. The largest absolute Gasteiger partial charge is 0.333 e. The maximum Gasteiger partial charge on any atom is 0.274 e. The van der Waals surface area contributed by atoms with Crippen LogP contribution in [0.5, 0.6) is 0 Å². The Hall–Kier alpha value is -3.03. The van der Waals surface area contributed by atoms with Gasteiger partial charge in [0.05, 0.1) is 12.2 Å². The van der Waals surface area contributed by atoms with Crippen LogP contribution >= 0.6 is 0 Å². The second-order valence-electron chi connectivity index (χ2n) is 8.53. The molecule has 3 aromatic rings. The van der Waals surface area contributed by atoms with Crippen molar-refractivity contribution in [1.29, 1.82) is 0 Å². The molecule has 0 spiro atoms. The zero-order chi connectivity index (χ0) is 21.4. The maximum atomic E-state index is 13.4. The molecule has 0 N–H and O–H groups in total. The van der Waals surface area contributed by atoms with Crippen LogP contribution in [0.3, 0.4) is 0 Å². The van der Waals surface area contributed by atoms with Crippen molar-refractivity contribution in [3.05, 3.63) is 58.7 Å². The van der Waals surface area contributed by atoms with Gasteiger partial charge in [-0.25, -0.2) is 9.07 Å². The Morgan fingerprint density at radius 3 is 2.65 bits per heavy atom. The van der Waals surface area contributed by atoms with E-state index in [9.17, 15) is 9.18 Å². The number of carbonyl (C=O) groups excluding carboxylic acids is 1. The van der Waals surface area contributed by atoms with Crippen LogP contribution in [-0.4, -0.2) is 42.4 Å². The molecule has 1 amide bonds. The van der Waals surface area contributed by atoms with Crippen molar-refractivity contribution in [2.45, 2.75) is 64.5 Å². The normalized spacial score (nSPS) is 15.8. The van der Waals surface area contributed by atoms with E-state index in [0.29, 0.717) is 12.2 Å². The molecule has 0 atom stereocenters. The maximum absolute atomic E-state index is 13.4. The van der Waals surface area contributed by atoms with Crippen molar-refractivity contribution in [2.24, 2.45) is 0 Å². The van der Waals surface area contributed by atoms with E-state index >= 15 is 0 Å². The van der Waals surface area contributed by atoms with Gasteiger partial charge in [0.15, 0.2) is 11.5 Å². The number of hydrogen-bond acceptors (Lipinski definition) is 4. The molecule has 31 heavy (non-hydrogen) atoms. The first-order chi connectivity index (χ1) is 15.1. The van der Waals surface area contributed by atoms with Crippen molar-refractivity contribution in [3.63, 3.8) is 0 Å². The Labute approximate surface area is 180 Å². The molecule has 162 valence electrons. The number of rotatable bonds is 4. The summed E-state index contributed by atoms with van der Waals surface area (Å²) in [5.41, 5.74) is 3.36. The Morgan fingerprint density at radius 2 is 1.81 bits per heavy atom. The zero-order valence-corrected chi connectivity index (χ0v) is 17.8. The van der Waals surface area contributed by atoms with Crippen LogP contribution in [0.2, 0.25) is 0 Å². The van der Waals surface area contributed by atoms with Gasteiger partial charge in [0.1, 0.15) is 11.6 Å². The van der Waals surface area contributed by atoms with Crippen molar-refractivity contribution in [3.8, 4) is 5.69 Å². The molecule has 0 saturated carbocycles. The third-order valence-corrected chi connectivity index (χ3v) is 6.37. The van der Waals surface area contributed by atoms with Gasteiger partial charge in [0.25, 0.3) is 5.91 Å². The fraction of sp³-hybridized carbons (Fsp3) is 0.478. The first-order valence-corrected chi connectivity index (χ1v) is 11.1. The Bertz CT molecular complexity index is 1100. The Kier molecular flexibility index (Phi) is 5.29. The summed E-state index contributed by atoms with van der Waals surface area (Å²) in [4.78, 5) is 15.1. The summed E-state index contributed by atoms with van der Waals surface area (Å²) in [5, 5.41) is 13.4. The van der Waals surface area contributed by atoms with Crippen LogP contribution in [-0.2, 0) is 32.4 Å². The van der Waals surface area contributed by atoms with Crippen molar-refractivity contribution in [2.75, 3.05) is 7.05 Å². The number of fused-ring (bicyclic) bond motifs is 2. The summed E-state index contributed by atoms with van der Waals surface area (Å²) in [6.45, 7) is 1.32. The standard InChI is InChI=1S/C23H27FN6O/c1-28(15-21-26-25-20-9-3-2-6-14-29(20)21)23(31)22-18-7-4-5-8-19(18)30(27-22)17-12-10-16(24)11-13-17/h10-13H,2-9,14-15H2,1H3. The molecule has 1 aliphatic carbocycles. The molecule has 3 heterocycles. The number of hydrogen-bond donors (Lipinski definition) is 0. The number of aromatic nitrogens is 5. The highest BCUT2D eigenvalue weighted by Crippen LogP contribution is 2.28. The molecule has 0 bridgehead atoms. The first-order valence-electron chi connectivity index (χ1n) is 11.1. The molecule has 1 aromatic carbocycles. The predicted molar refractivity (Wildman–Crippen MR) is 114 cm³/mol. The van der Waals surface area contributed by atoms with Crippen molar-refractivity contribution in [1.82, 2.24) is 29.4 Å². The van der Waals surface area contributed by atoms with Gasteiger partial charge in [-0.3, -0.25) is 4.79 Å². The molecule has 5 rings (SSSR count). The fourth-order valence-electron chi connectivity index (χ4n) is 4.69. The average Bonchev–Trinajstić information content (AvgIpc) is 3.26. The number of nitrogens with zero attached hydrogens (tertiary/aromatic N) is 6. The highest BCUT2D eigenvalue weighted by atomic mass is 19.1. The molecule has 0 radical (unpaired) electrons. The van der Waals surface area contributed by atoms with Crippen LogP contribution in [0, 0.1) is 5.82 Å². The molecule has 1 aliphatic heterocycles. The molecule has 0 fully saturated rings. The number of aryl methyl sites for hydroxylation is 1. The van der Waals surface area contributed by atoms with Crippen LogP contribution < -0.4 is 0 Å². The van der Waals surface area contributed by atoms with Crippen LogP contribution in [0.15, 0.2) is 24.3 Å². The lowest BCUT2D eigenvalue weighted by Crippen LogP contribution is -2.29. The SMILES string of the molecule is CN(Cc1nnc2n1CCCCC2)C(=O)c1nn(-c2ccc(F)cc2)c2c1CCCC2. The van der Waals surface area contributed by atoms with E-state index in [4.69, 9.17) is 5.10 Å². The Balaban J connectivity index is 1.44. The van der Waals surface area contributed by atoms with E-state index in [1.165, 1.54) is 18.6 Å². The van der Waals surface area contributed by atoms with E-state index in [1.54, 1.807) is 24.1 Å². The second-order valence-corrected chi connectivity index (χ2v) is 8.53. The van der Waals surface area contributed by atoms with Gasteiger partial charge in [-0.15, -0.1) is 10.2 Å². The lowest BCUT2D eigenvalue weighted by atomic mass is 9.95. The highest BCUT2D eigenvalue weighted by Gasteiger charge is 2.28. The average molecular weight is 423 g/mol. The predicted octanol–water partition coefficient (Wildman–Crippen LogP) is 3.48. The molecular weight excluding hydrogens is 395 g/mol. The zero-order valence-electron chi connectivity index (χ0n) is 17.8. The minimum Gasteiger partial charge on any atom is -0.333 e.